The van der Waals surface area contributed by atoms with Gasteiger partial charge in [-0.05, 0) is 24.1 Å². The average Bonchev–Trinajstić information content (AvgIpc) is 2.56. The Morgan fingerprint density at radius 3 is 2.91 bits per heavy atom. The normalized spacial score (nSPS) is 18.7. The lowest BCUT2D eigenvalue weighted by molar-refractivity contribution is -0.112. The van der Waals surface area contributed by atoms with Crippen molar-refractivity contribution in [2.45, 2.75) is 20.0 Å². The number of carbonyl (C=O) groups is 1. The van der Waals surface area contributed by atoms with Crippen LogP contribution in [0.1, 0.15) is 25.6 Å². The maximum Gasteiger partial charge on any atom is 0.271 e. The minimum absolute atomic E-state index is 0.00703. The van der Waals surface area contributed by atoms with Gasteiger partial charge in [0.05, 0.1) is 29.9 Å². The zero-order valence-electron chi connectivity index (χ0n) is 13.4. The highest BCUT2D eigenvalue weighted by Gasteiger charge is 2.17. The lowest BCUT2D eigenvalue weighted by Gasteiger charge is -2.23. The van der Waals surface area contributed by atoms with Crippen LogP contribution in [0.4, 0.5) is 5.69 Å². The number of morpholine rings is 1. The quantitative estimate of drug-likeness (QED) is 0.481. The molecule has 2 heterocycles. The number of aromatic nitrogens is 1. The molecule has 1 atom stereocenters. The van der Waals surface area contributed by atoms with Crippen LogP contribution in [-0.4, -0.2) is 36.3 Å². The van der Waals surface area contributed by atoms with E-state index in [1.54, 1.807) is 12.3 Å². The zero-order chi connectivity index (χ0) is 16.8. The number of rotatable bonds is 5. The molecule has 1 aromatic rings. The van der Waals surface area contributed by atoms with Gasteiger partial charge in [-0.3, -0.25) is 9.78 Å². The lowest BCUT2D eigenvalue weighted by Crippen LogP contribution is -2.33. The summed E-state index contributed by atoms with van der Waals surface area (Å²) < 4.78 is 5.62. The van der Waals surface area contributed by atoms with E-state index in [0.29, 0.717) is 18.0 Å². The van der Waals surface area contributed by atoms with E-state index in [4.69, 9.17) is 15.9 Å². The van der Waals surface area contributed by atoms with E-state index in [-0.39, 0.29) is 17.7 Å². The van der Waals surface area contributed by atoms with Crippen LogP contribution in [0.3, 0.4) is 0 Å². The molecule has 0 unspecified atom stereocenters. The monoisotopic (exact) mass is 317 g/mol. The minimum atomic E-state index is -0.444. The van der Waals surface area contributed by atoms with E-state index in [1.165, 1.54) is 6.08 Å². The summed E-state index contributed by atoms with van der Waals surface area (Å²) in [5, 5.41) is 13.6. The molecule has 1 aliphatic heterocycles. The molecule has 7 heteroatoms. The average molecular weight is 317 g/mol. The summed E-state index contributed by atoms with van der Waals surface area (Å²) in [4.78, 5) is 16.3. The number of amides is 1. The van der Waals surface area contributed by atoms with Crippen molar-refractivity contribution in [3.63, 3.8) is 0 Å². The molecule has 0 spiro atoms. The van der Waals surface area contributed by atoms with E-state index in [1.807, 2.05) is 19.9 Å². The topological polar surface area (TPSA) is 113 Å². The van der Waals surface area contributed by atoms with Crippen molar-refractivity contribution in [2.24, 2.45) is 11.7 Å². The van der Waals surface area contributed by atoms with Crippen molar-refractivity contribution < 1.29 is 9.53 Å². The summed E-state index contributed by atoms with van der Waals surface area (Å²) in [7, 11) is 0. The van der Waals surface area contributed by atoms with Gasteiger partial charge in [-0.1, -0.05) is 13.8 Å². The SMILES string of the molecule is CC(C)C(=N)/C=C(\N)C(=O)Nc1ccc([C@@H]2CNCCO2)nc1. The second kappa shape index (κ2) is 7.85. The van der Waals surface area contributed by atoms with Gasteiger partial charge in [-0.25, -0.2) is 0 Å². The van der Waals surface area contributed by atoms with Gasteiger partial charge in [-0.2, -0.15) is 0 Å². The summed E-state index contributed by atoms with van der Waals surface area (Å²) in [5.74, 6) is -0.424. The highest BCUT2D eigenvalue weighted by molar-refractivity contribution is 6.08. The first-order valence-corrected chi connectivity index (χ1v) is 7.62. The van der Waals surface area contributed by atoms with Gasteiger partial charge in [0.25, 0.3) is 5.91 Å². The lowest BCUT2D eigenvalue weighted by atomic mass is 10.1. The van der Waals surface area contributed by atoms with Crippen LogP contribution < -0.4 is 16.4 Å². The number of allylic oxidation sites excluding steroid dienone is 1. The van der Waals surface area contributed by atoms with E-state index in [9.17, 15) is 4.79 Å². The predicted octanol–water partition coefficient (Wildman–Crippen LogP) is 1.20. The van der Waals surface area contributed by atoms with Crippen molar-refractivity contribution in [2.75, 3.05) is 25.0 Å². The number of carbonyl (C=O) groups excluding carboxylic acids is 1. The Kier molecular flexibility index (Phi) is 5.84. The van der Waals surface area contributed by atoms with Crippen LogP contribution in [0.2, 0.25) is 0 Å². The standard InChI is InChI=1S/C16H23N5O2/c1-10(2)12(17)7-13(18)16(22)21-11-3-4-14(20-8-11)15-9-19-5-6-23-15/h3-4,7-8,10,15,17,19H,5-6,9,18H2,1-2H3,(H,21,22)/b13-7-,17-12?/t15-/m0/s1. The Hall–Kier alpha value is -2.25. The molecule has 7 nitrogen and oxygen atoms in total. The highest BCUT2D eigenvalue weighted by atomic mass is 16.5. The van der Waals surface area contributed by atoms with Crippen LogP contribution in [0.25, 0.3) is 0 Å². The molecule has 0 aliphatic carbocycles. The first kappa shape index (κ1) is 17.1. The maximum absolute atomic E-state index is 12.0. The number of hydrogen-bond donors (Lipinski definition) is 4. The second-order valence-electron chi connectivity index (χ2n) is 5.70. The van der Waals surface area contributed by atoms with Crippen molar-refractivity contribution in [3.8, 4) is 0 Å². The van der Waals surface area contributed by atoms with Crippen molar-refractivity contribution >= 4 is 17.3 Å². The molecule has 5 N–H and O–H groups in total. The number of nitrogens with one attached hydrogen (secondary N) is 3. The molecule has 2 rings (SSSR count). The molecule has 124 valence electrons. The van der Waals surface area contributed by atoms with Gasteiger partial charge in [-0.15, -0.1) is 0 Å². The zero-order valence-corrected chi connectivity index (χ0v) is 13.4. The molecule has 1 amide bonds. The first-order chi connectivity index (χ1) is 11.0. The molecule has 0 radical (unpaired) electrons. The van der Waals surface area contributed by atoms with Crippen molar-refractivity contribution in [1.29, 1.82) is 5.41 Å². The van der Waals surface area contributed by atoms with Crippen LogP contribution in [-0.2, 0) is 9.53 Å². The Bertz CT molecular complexity index is 589. The van der Waals surface area contributed by atoms with Crippen molar-refractivity contribution in [1.82, 2.24) is 10.3 Å². The third-order valence-electron chi connectivity index (χ3n) is 3.50. The molecule has 1 fully saturated rings. The molecule has 0 aromatic carbocycles. The van der Waals surface area contributed by atoms with E-state index >= 15 is 0 Å². The molecule has 0 bridgehead atoms. The first-order valence-electron chi connectivity index (χ1n) is 7.62. The van der Waals surface area contributed by atoms with Gasteiger partial charge < -0.3 is 26.5 Å². The number of nitrogens with two attached hydrogens (primary N) is 1. The Morgan fingerprint density at radius 2 is 2.35 bits per heavy atom. The van der Waals surface area contributed by atoms with E-state index in [0.717, 1.165) is 18.8 Å². The summed E-state index contributed by atoms with van der Waals surface area (Å²) in [6.07, 6.45) is 2.89. The summed E-state index contributed by atoms with van der Waals surface area (Å²) in [6, 6.07) is 3.59. The third-order valence-corrected chi connectivity index (χ3v) is 3.50. The molecule has 1 aromatic heterocycles. The largest absolute Gasteiger partial charge is 0.394 e. The number of hydrogen-bond acceptors (Lipinski definition) is 6. The van der Waals surface area contributed by atoms with Gasteiger partial charge in [0, 0.05) is 18.8 Å². The van der Waals surface area contributed by atoms with Gasteiger partial charge >= 0.3 is 0 Å². The number of ether oxygens (including phenoxy) is 1. The number of nitrogens with zero attached hydrogens (tertiary/aromatic N) is 1. The molecular weight excluding hydrogens is 294 g/mol. The third kappa shape index (κ3) is 4.87. The van der Waals surface area contributed by atoms with Gasteiger partial charge in [0.2, 0.25) is 0 Å². The molecule has 23 heavy (non-hydrogen) atoms. The van der Waals surface area contributed by atoms with Crippen LogP contribution >= 0.6 is 0 Å². The fraction of sp³-hybridized carbons (Fsp3) is 0.438. The summed E-state index contributed by atoms with van der Waals surface area (Å²) >= 11 is 0. The van der Waals surface area contributed by atoms with E-state index in [2.05, 4.69) is 15.6 Å². The molecule has 1 aliphatic rings. The van der Waals surface area contributed by atoms with Gasteiger partial charge in [0.15, 0.2) is 0 Å². The summed E-state index contributed by atoms with van der Waals surface area (Å²) in [6.45, 7) is 5.98. The Morgan fingerprint density at radius 1 is 1.57 bits per heavy atom. The Balaban J connectivity index is 1.97. The number of pyridine rings is 1. The predicted molar refractivity (Wildman–Crippen MR) is 89.3 cm³/mol. The maximum atomic E-state index is 12.0. The second-order valence-corrected chi connectivity index (χ2v) is 5.70. The van der Waals surface area contributed by atoms with Crippen molar-refractivity contribution in [3.05, 3.63) is 35.8 Å². The molecule has 1 saturated heterocycles. The smallest absolute Gasteiger partial charge is 0.271 e. The highest BCUT2D eigenvalue weighted by Crippen LogP contribution is 2.18. The Labute approximate surface area is 135 Å². The van der Waals surface area contributed by atoms with Gasteiger partial charge in [0.1, 0.15) is 6.10 Å². The van der Waals surface area contributed by atoms with Crippen LogP contribution in [0.5, 0.6) is 0 Å². The molecular formula is C16H23N5O2. The van der Waals surface area contributed by atoms with E-state index < -0.39 is 5.91 Å². The fourth-order valence-electron chi connectivity index (χ4n) is 2.03. The summed E-state index contributed by atoms with van der Waals surface area (Å²) in [5.41, 5.74) is 7.40. The van der Waals surface area contributed by atoms with Crippen LogP contribution in [0.15, 0.2) is 30.1 Å². The molecule has 0 saturated carbocycles. The fourth-order valence-corrected chi connectivity index (χ4v) is 2.03. The minimum Gasteiger partial charge on any atom is -0.394 e. The van der Waals surface area contributed by atoms with Crippen LogP contribution in [0, 0.1) is 11.3 Å². The number of anilines is 1.